The van der Waals surface area contributed by atoms with E-state index in [-0.39, 0.29) is 18.1 Å². The number of carbonyl (C=O) groups is 1. The summed E-state index contributed by atoms with van der Waals surface area (Å²) in [4.78, 5) is 19.5. The van der Waals surface area contributed by atoms with E-state index in [0.717, 1.165) is 50.4 Å². The molecule has 0 radical (unpaired) electrons. The van der Waals surface area contributed by atoms with E-state index in [1.54, 1.807) is 0 Å². The fraction of sp³-hybridized carbons (Fsp3) is 0.550. The summed E-state index contributed by atoms with van der Waals surface area (Å²) in [6, 6.07) is 8.01. The van der Waals surface area contributed by atoms with Gasteiger partial charge >= 0.3 is 0 Å². The van der Waals surface area contributed by atoms with Crippen molar-refractivity contribution in [2.45, 2.75) is 50.3 Å². The number of carbonyl (C=O) groups excluding carboxylic acids is 1. The lowest BCUT2D eigenvalue weighted by Crippen LogP contribution is -2.45. The third kappa shape index (κ3) is 3.49. The van der Waals surface area contributed by atoms with E-state index in [1.807, 2.05) is 24.3 Å². The molecule has 1 aliphatic carbocycles. The maximum Gasteiger partial charge on any atom is 0.251 e. The van der Waals surface area contributed by atoms with Crippen LogP contribution in [0.5, 0.6) is 0 Å². The van der Waals surface area contributed by atoms with Crippen LogP contribution in [-0.2, 0) is 4.74 Å². The first kappa shape index (κ1) is 16.9. The van der Waals surface area contributed by atoms with Crippen molar-refractivity contribution in [3.63, 3.8) is 0 Å². The number of benzene rings is 1. The van der Waals surface area contributed by atoms with Crippen LogP contribution in [0, 0.1) is 0 Å². The third-order valence-corrected chi connectivity index (χ3v) is 5.70. The zero-order chi connectivity index (χ0) is 18.4. The number of amides is 1. The van der Waals surface area contributed by atoms with E-state index in [1.165, 1.54) is 0 Å². The first-order valence-electron chi connectivity index (χ1n) is 9.76. The molecule has 2 aliphatic heterocycles. The smallest absolute Gasteiger partial charge is 0.251 e. The molecule has 7 nitrogen and oxygen atoms in total. The van der Waals surface area contributed by atoms with Crippen LogP contribution < -0.4 is 5.32 Å². The number of nitrogens with zero attached hydrogens (tertiary/aromatic N) is 3. The highest BCUT2D eigenvalue weighted by molar-refractivity contribution is 5.94. The molecule has 142 valence electrons. The highest BCUT2D eigenvalue weighted by Gasteiger charge is 2.36. The van der Waals surface area contributed by atoms with Crippen LogP contribution in [0.4, 0.5) is 0 Å². The molecule has 7 heteroatoms. The quantitative estimate of drug-likeness (QED) is 0.891. The van der Waals surface area contributed by atoms with E-state index >= 15 is 0 Å². The molecule has 1 amide bonds. The van der Waals surface area contributed by atoms with Crippen molar-refractivity contribution in [3.8, 4) is 11.4 Å². The topological polar surface area (TPSA) is 80.5 Å². The predicted molar refractivity (Wildman–Crippen MR) is 98.4 cm³/mol. The van der Waals surface area contributed by atoms with Gasteiger partial charge in [-0.05, 0) is 38.3 Å². The molecule has 1 N–H and O–H groups in total. The highest BCUT2D eigenvalue weighted by atomic mass is 16.5. The van der Waals surface area contributed by atoms with Crippen LogP contribution in [0.2, 0.25) is 0 Å². The van der Waals surface area contributed by atoms with Gasteiger partial charge in [-0.1, -0.05) is 17.3 Å². The van der Waals surface area contributed by atoms with Crippen LogP contribution in [0.15, 0.2) is 28.8 Å². The molecule has 1 aromatic heterocycles. The molecule has 3 atom stereocenters. The zero-order valence-electron chi connectivity index (χ0n) is 15.4. The molecule has 0 bridgehead atoms. The van der Waals surface area contributed by atoms with Crippen molar-refractivity contribution < 1.29 is 14.1 Å². The number of morpholine rings is 1. The van der Waals surface area contributed by atoms with Crippen molar-refractivity contribution in [1.29, 1.82) is 0 Å². The predicted octanol–water partition coefficient (Wildman–Crippen LogP) is 2.21. The van der Waals surface area contributed by atoms with E-state index in [4.69, 9.17) is 9.26 Å². The van der Waals surface area contributed by atoms with Crippen molar-refractivity contribution in [2.75, 3.05) is 19.7 Å². The molecular weight excluding hydrogens is 344 g/mol. The number of ether oxygens (including phenoxy) is 1. The maximum absolute atomic E-state index is 12.6. The summed E-state index contributed by atoms with van der Waals surface area (Å²) in [5.41, 5.74) is 1.52. The first-order valence-corrected chi connectivity index (χ1v) is 9.76. The van der Waals surface area contributed by atoms with E-state index in [9.17, 15) is 4.79 Å². The van der Waals surface area contributed by atoms with Crippen LogP contribution in [0.25, 0.3) is 11.4 Å². The number of aromatic nitrogens is 2. The van der Waals surface area contributed by atoms with Gasteiger partial charge in [0.05, 0.1) is 12.7 Å². The second kappa shape index (κ2) is 6.73. The van der Waals surface area contributed by atoms with Gasteiger partial charge in [0.15, 0.2) is 0 Å². The van der Waals surface area contributed by atoms with Crippen molar-refractivity contribution in [2.24, 2.45) is 0 Å². The van der Waals surface area contributed by atoms with Gasteiger partial charge < -0.3 is 14.6 Å². The van der Waals surface area contributed by atoms with E-state index < -0.39 is 0 Å². The molecule has 3 heterocycles. The molecular formula is C20H24N4O3. The second-order valence-corrected chi connectivity index (χ2v) is 7.97. The summed E-state index contributed by atoms with van der Waals surface area (Å²) in [7, 11) is 0. The number of hydrogen-bond acceptors (Lipinski definition) is 6. The summed E-state index contributed by atoms with van der Waals surface area (Å²) in [5, 5.41) is 7.22. The van der Waals surface area contributed by atoms with Gasteiger partial charge in [0, 0.05) is 42.2 Å². The Hall–Kier alpha value is -2.25. The van der Waals surface area contributed by atoms with Gasteiger partial charge in [-0.25, -0.2) is 0 Å². The van der Waals surface area contributed by atoms with E-state index in [0.29, 0.717) is 23.3 Å². The molecule has 2 aromatic rings. The van der Waals surface area contributed by atoms with Crippen LogP contribution in [-0.4, -0.2) is 58.8 Å². The number of hydrogen-bond donors (Lipinski definition) is 1. The standard InChI is InChI=1S/C20H24N4O3/c1-12-9-24-10-16(8-17(24)11-26-12)21-19(25)14-4-2-13(3-5-14)18-22-20(27-23-18)15-6-7-15/h2-5,12,15-17H,6-11H2,1H3,(H,21,25)/t12-,16-,17-/m0/s1. The lowest BCUT2D eigenvalue weighted by atomic mass is 10.1. The lowest BCUT2D eigenvalue weighted by Gasteiger charge is -2.33. The molecule has 27 heavy (non-hydrogen) atoms. The minimum absolute atomic E-state index is 0.0351. The average Bonchev–Trinajstić information content (AvgIpc) is 3.26. The van der Waals surface area contributed by atoms with Gasteiger partial charge in [0.2, 0.25) is 11.7 Å². The largest absolute Gasteiger partial charge is 0.376 e. The van der Waals surface area contributed by atoms with E-state index in [2.05, 4.69) is 27.3 Å². The molecule has 2 saturated heterocycles. The summed E-state index contributed by atoms with van der Waals surface area (Å²) in [6.45, 7) is 4.70. The Balaban J connectivity index is 1.21. The molecule has 0 spiro atoms. The van der Waals surface area contributed by atoms with Crippen LogP contribution >= 0.6 is 0 Å². The monoisotopic (exact) mass is 368 g/mol. The minimum atomic E-state index is -0.0351. The van der Waals surface area contributed by atoms with Gasteiger partial charge in [-0.3, -0.25) is 9.69 Å². The summed E-state index contributed by atoms with van der Waals surface area (Å²) < 4.78 is 11.0. The molecule has 5 rings (SSSR count). The maximum atomic E-state index is 12.6. The second-order valence-electron chi connectivity index (χ2n) is 7.97. The van der Waals surface area contributed by atoms with Crippen molar-refractivity contribution >= 4 is 5.91 Å². The lowest BCUT2D eigenvalue weighted by molar-refractivity contribution is -0.0390. The van der Waals surface area contributed by atoms with Gasteiger partial charge in [-0.2, -0.15) is 4.98 Å². The fourth-order valence-corrected chi connectivity index (χ4v) is 4.03. The van der Waals surface area contributed by atoms with Crippen LogP contribution in [0.3, 0.4) is 0 Å². The zero-order valence-corrected chi connectivity index (χ0v) is 15.4. The van der Waals surface area contributed by atoms with Gasteiger partial charge in [-0.15, -0.1) is 0 Å². The first-order chi connectivity index (χ1) is 13.2. The fourth-order valence-electron chi connectivity index (χ4n) is 4.03. The molecule has 3 aliphatic rings. The Morgan fingerprint density at radius 1 is 1.22 bits per heavy atom. The Morgan fingerprint density at radius 3 is 2.81 bits per heavy atom. The summed E-state index contributed by atoms with van der Waals surface area (Å²) in [6.07, 6.45) is 3.48. The average molecular weight is 368 g/mol. The number of nitrogens with one attached hydrogen (secondary N) is 1. The Kier molecular flexibility index (Phi) is 4.21. The van der Waals surface area contributed by atoms with Crippen LogP contribution in [0.1, 0.15) is 48.4 Å². The van der Waals surface area contributed by atoms with Gasteiger partial charge in [0.1, 0.15) is 0 Å². The molecule has 1 saturated carbocycles. The molecule has 1 aromatic carbocycles. The minimum Gasteiger partial charge on any atom is -0.376 e. The highest BCUT2D eigenvalue weighted by Crippen LogP contribution is 2.39. The molecule has 3 fully saturated rings. The Bertz CT molecular complexity index is 830. The number of fused-ring (bicyclic) bond motifs is 1. The normalized spacial score (nSPS) is 28.1. The molecule has 0 unspecified atom stereocenters. The Morgan fingerprint density at radius 2 is 2.04 bits per heavy atom. The van der Waals surface area contributed by atoms with Crippen molar-refractivity contribution in [3.05, 3.63) is 35.7 Å². The van der Waals surface area contributed by atoms with Gasteiger partial charge in [0.25, 0.3) is 5.91 Å². The summed E-state index contributed by atoms with van der Waals surface area (Å²) in [5.74, 6) is 1.72. The van der Waals surface area contributed by atoms with Crippen molar-refractivity contribution in [1.82, 2.24) is 20.4 Å². The SMILES string of the molecule is C[C@H]1CN2C[C@@H](NC(=O)c3ccc(-c4noc(C5CC5)n4)cc3)C[C@H]2CO1. The number of rotatable bonds is 4. The third-order valence-electron chi connectivity index (χ3n) is 5.70. The Labute approximate surface area is 158 Å². The summed E-state index contributed by atoms with van der Waals surface area (Å²) >= 11 is 0.